The molecule has 1 aromatic heterocycles. The van der Waals surface area contributed by atoms with Crippen molar-refractivity contribution in [2.75, 3.05) is 32.1 Å². The summed E-state index contributed by atoms with van der Waals surface area (Å²) in [6, 6.07) is 0. The number of nitrogens with one attached hydrogen (secondary N) is 1. The predicted molar refractivity (Wildman–Crippen MR) is 61.2 cm³/mol. The summed E-state index contributed by atoms with van der Waals surface area (Å²) in [5.74, 6) is 1.48. The van der Waals surface area contributed by atoms with Crippen LogP contribution in [0.15, 0.2) is 12.4 Å². The average molecular weight is 206 g/mol. The van der Waals surface area contributed by atoms with Crippen molar-refractivity contribution < 1.29 is 0 Å². The van der Waals surface area contributed by atoms with Crippen LogP contribution >= 0.6 is 0 Å². The van der Waals surface area contributed by atoms with Crippen molar-refractivity contribution in [3.05, 3.63) is 18.1 Å². The minimum Gasteiger partial charge on any atom is -0.361 e. The summed E-state index contributed by atoms with van der Waals surface area (Å²) in [5, 5.41) is 3.40. The van der Waals surface area contributed by atoms with Gasteiger partial charge in [0.25, 0.3) is 0 Å². The maximum Gasteiger partial charge on any atom is 0.146 e. The molecule has 0 bridgehead atoms. The third kappa shape index (κ3) is 2.45. The quantitative estimate of drug-likeness (QED) is 0.784. The molecule has 1 saturated heterocycles. The summed E-state index contributed by atoms with van der Waals surface area (Å²) in [6.45, 7) is 2.17. The highest BCUT2D eigenvalue weighted by Gasteiger charge is 2.17. The highest BCUT2D eigenvalue weighted by molar-refractivity contribution is 5.34. The normalized spacial score (nSPS) is 21.3. The lowest BCUT2D eigenvalue weighted by Crippen LogP contribution is -2.29. The molecule has 1 atom stereocenters. The largest absolute Gasteiger partial charge is 0.361 e. The first kappa shape index (κ1) is 10.4. The zero-order valence-corrected chi connectivity index (χ0v) is 9.40. The Morgan fingerprint density at radius 2 is 2.27 bits per heavy atom. The summed E-state index contributed by atoms with van der Waals surface area (Å²) in [6.07, 6.45) is 6.15. The lowest BCUT2D eigenvalue weighted by Gasteiger charge is -2.22. The molecular formula is C11H18N4. The molecule has 4 nitrogen and oxygen atoms in total. The van der Waals surface area contributed by atoms with Gasteiger partial charge in [0.05, 0.1) is 11.9 Å². The molecule has 0 aromatic carbocycles. The van der Waals surface area contributed by atoms with E-state index in [1.807, 2.05) is 25.2 Å². The Morgan fingerprint density at radius 1 is 1.40 bits per heavy atom. The lowest BCUT2D eigenvalue weighted by molar-refractivity contribution is 0.454. The van der Waals surface area contributed by atoms with E-state index >= 15 is 0 Å². The Labute approximate surface area is 90.7 Å². The van der Waals surface area contributed by atoms with Crippen LogP contribution in [-0.4, -0.2) is 37.2 Å². The molecule has 1 aromatic rings. The molecule has 0 aliphatic carbocycles. The van der Waals surface area contributed by atoms with Crippen LogP contribution in [0.4, 0.5) is 5.82 Å². The monoisotopic (exact) mass is 206 g/mol. The zero-order valence-electron chi connectivity index (χ0n) is 9.40. The minimum atomic E-state index is 0.533. The van der Waals surface area contributed by atoms with Gasteiger partial charge in [-0.1, -0.05) is 0 Å². The van der Waals surface area contributed by atoms with Crippen molar-refractivity contribution >= 4 is 5.82 Å². The van der Waals surface area contributed by atoms with E-state index in [-0.39, 0.29) is 0 Å². The van der Waals surface area contributed by atoms with Gasteiger partial charge in [-0.25, -0.2) is 4.98 Å². The van der Waals surface area contributed by atoms with Crippen molar-refractivity contribution in [1.29, 1.82) is 0 Å². The van der Waals surface area contributed by atoms with E-state index in [1.54, 1.807) is 6.20 Å². The lowest BCUT2D eigenvalue weighted by atomic mass is 9.96. The number of piperidine rings is 1. The van der Waals surface area contributed by atoms with Gasteiger partial charge in [-0.15, -0.1) is 0 Å². The van der Waals surface area contributed by atoms with Gasteiger partial charge < -0.3 is 10.2 Å². The van der Waals surface area contributed by atoms with Crippen LogP contribution in [0.5, 0.6) is 0 Å². The molecule has 0 unspecified atom stereocenters. The van der Waals surface area contributed by atoms with Crippen LogP contribution in [0, 0.1) is 0 Å². The van der Waals surface area contributed by atoms with Gasteiger partial charge in [-0.2, -0.15) is 0 Å². The second kappa shape index (κ2) is 4.57. The Balaban J connectivity index is 2.16. The molecule has 4 heteroatoms. The SMILES string of the molecule is CN(C)c1cncc([C@@H]2CCCNC2)n1. The summed E-state index contributed by atoms with van der Waals surface area (Å²) >= 11 is 0. The van der Waals surface area contributed by atoms with E-state index in [1.165, 1.54) is 12.8 Å². The summed E-state index contributed by atoms with van der Waals surface area (Å²) in [5.41, 5.74) is 1.12. The topological polar surface area (TPSA) is 41.1 Å². The van der Waals surface area contributed by atoms with Crippen molar-refractivity contribution in [3.8, 4) is 0 Å². The molecule has 15 heavy (non-hydrogen) atoms. The minimum absolute atomic E-state index is 0.533. The first-order valence-electron chi connectivity index (χ1n) is 5.47. The van der Waals surface area contributed by atoms with Crippen LogP contribution in [0.3, 0.4) is 0 Å². The second-order valence-corrected chi connectivity index (χ2v) is 4.24. The smallest absolute Gasteiger partial charge is 0.146 e. The number of hydrogen-bond donors (Lipinski definition) is 1. The first-order chi connectivity index (χ1) is 7.27. The van der Waals surface area contributed by atoms with Crippen LogP contribution < -0.4 is 10.2 Å². The van der Waals surface area contributed by atoms with Crippen molar-refractivity contribution in [3.63, 3.8) is 0 Å². The van der Waals surface area contributed by atoms with Gasteiger partial charge in [0.15, 0.2) is 0 Å². The van der Waals surface area contributed by atoms with Gasteiger partial charge in [0.1, 0.15) is 5.82 Å². The van der Waals surface area contributed by atoms with Gasteiger partial charge in [0, 0.05) is 32.8 Å². The molecular weight excluding hydrogens is 188 g/mol. The van der Waals surface area contributed by atoms with E-state index in [9.17, 15) is 0 Å². The van der Waals surface area contributed by atoms with Crippen LogP contribution in [0.1, 0.15) is 24.5 Å². The summed E-state index contributed by atoms with van der Waals surface area (Å²) in [4.78, 5) is 10.9. The fourth-order valence-electron chi connectivity index (χ4n) is 1.89. The number of hydrogen-bond acceptors (Lipinski definition) is 4. The molecule has 2 rings (SSSR count). The molecule has 1 fully saturated rings. The van der Waals surface area contributed by atoms with Crippen LogP contribution in [0.2, 0.25) is 0 Å². The first-order valence-corrected chi connectivity index (χ1v) is 5.47. The fourth-order valence-corrected chi connectivity index (χ4v) is 1.89. The molecule has 1 aliphatic heterocycles. The zero-order chi connectivity index (χ0) is 10.7. The molecule has 0 spiro atoms. The Kier molecular flexibility index (Phi) is 3.16. The van der Waals surface area contributed by atoms with Gasteiger partial charge in [-0.05, 0) is 19.4 Å². The molecule has 1 aliphatic rings. The standard InChI is InChI=1S/C11H18N4/c1-15(2)11-8-13-7-10(14-11)9-4-3-5-12-6-9/h7-9,12H,3-6H2,1-2H3/t9-/m1/s1. The van der Waals surface area contributed by atoms with E-state index in [0.717, 1.165) is 24.6 Å². The van der Waals surface area contributed by atoms with Crippen LogP contribution in [0.25, 0.3) is 0 Å². The number of rotatable bonds is 2. The van der Waals surface area contributed by atoms with Crippen molar-refractivity contribution in [2.24, 2.45) is 0 Å². The molecule has 0 radical (unpaired) electrons. The number of aromatic nitrogens is 2. The van der Waals surface area contributed by atoms with Gasteiger partial charge in [0.2, 0.25) is 0 Å². The predicted octanol–water partition coefficient (Wildman–Crippen LogP) is 1.01. The number of anilines is 1. The van der Waals surface area contributed by atoms with E-state index in [4.69, 9.17) is 0 Å². The van der Waals surface area contributed by atoms with Gasteiger partial charge in [-0.3, -0.25) is 4.98 Å². The summed E-state index contributed by atoms with van der Waals surface area (Å²) < 4.78 is 0. The van der Waals surface area contributed by atoms with Crippen LogP contribution in [-0.2, 0) is 0 Å². The highest BCUT2D eigenvalue weighted by Crippen LogP contribution is 2.21. The average Bonchev–Trinajstić information content (AvgIpc) is 2.30. The maximum atomic E-state index is 4.62. The molecule has 2 heterocycles. The highest BCUT2D eigenvalue weighted by atomic mass is 15.1. The Bertz CT molecular complexity index is 318. The van der Waals surface area contributed by atoms with E-state index in [2.05, 4.69) is 15.3 Å². The van der Waals surface area contributed by atoms with Crippen molar-refractivity contribution in [1.82, 2.24) is 15.3 Å². The molecule has 82 valence electrons. The summed E-state index contributed by atoms with van der Waals surface area (Å²) in [7, 11) is 3.99. The fraction of sp³-hybridized carbons (Fsp3) is 0.636. The maximum absolute atomic E-state index is 4.62. The molecule has 0 saturated carbocycles. The third-order valence-corrected chi connectivity index (χ3v) is 2.81. The van der Waals surface area contributed by atoms with Gasteiger partial charge >= 0.3 is 0 Å². The van der Waals surface area contributed by atoms with E-state index < -0.39 is 0 Å². The number of nitrogens with zero attached hydrogens (tertiary/aromatic N) is 3. The third-order valence-electron chi connectivity index (χ3n) is 2.81. The van der Waals surface area contributed by atoms with Crippen molar-refractivity contribution in [2.45, 2.75) is 18.8 Å². The Morgan fingerprint density at radius 3 is 2.93 bits per heavy atom. The molecule has 1 N–H and O–H groups in total. The molecule has 0 amide bonds. The second-order valence-electron chi connectivity index (χ2n) is 4.24. The van der Waals surface area contributed by atoms with E-state index in [0.29, 0.717) is 5.92 Å². The Hall–Kier alpha value is -1.16.